The van der Waals surface area contributed by atoms with Crippen molar-refractivity contribution in [3.05, 3.63) is 70.5 Å². The number of rotatable bonds is 4. The standard InChI is InChI=1S/C25H30FN7O.4ClH/c1-30-11-13-32(14-12-30)19-5-3-18(4-6-19)23-17-33(10-9-28-23)25-29-22(15-24(34)31(25)2)20-7-8-27-16-21(20)26;;;;/h3-8,15-16,23,28H,9-14,17H2,1-2H3;4*1H/t23-;;;;/m1..../s1. The highest BCUT2D eigenvalue weighted by Crippen LogP contribution is 2.26. The molecule has 0 aliphatic carbocycles. The third-order valence-corrected chi connectivity index (χ3v) is 6.78. The Morgan fingerprint density at radius 3 is 2.26 bits per heavy atom. The Balaban J connectivity index is 0.00000180. The Labute approximate surface area is 247 Å². The highest BCUT2D eigenvalue weighted by atomic mass is 35.5. The van der Waals surface area contributed by atoms with E-state index < -0.39 is 5.82 Å². The number of piperazine rings is 2. The molecule has 0 radical (unpaired) electrons. The number of aromatic nitrogens is 3. The zero-order valence-corrected chi connectivity index (χ0v) is 24.5. The number of nitrogens with zero attached hydrogens (tertiary/aromatic N) is 6. The average Bonchev–Trinajstić information content (AvgIpc) is 2.87. The fraction of sp³-hybridized carbons (Fsp3) is 0.400. The number of hydrogen-bond acceptors (Lipinski definition) is 7. The molecule has 2 aliphatic rings. The minimum atomic E-state index is -0.493. The third-order valence-electron chi connectivity index (χ3n) is 6.78. The van der Waals surface area contributed by atoms with Gasteiger partial charge in [-0.2, -0.15) is 0 Å². The lowest BCUT2D eigenvalue weighted by atomic mass is 10.0. The first kappa shape index (κ1) is 33.9. The first-order chi connectivity index (χ1) is 16.5. The predicted octanol–water partition coefficient (Wildman–Crippen LogP) is 3.57. The number of anilines is 2. The van der Waals surface area contributed by atoms with Crippen LogP contribution >= 0.6 is 49.6 Å². The van der Waals surface area contributed by atoms with Crippen LogP contribution in [0.3, 0.4) is 0 Å². The zero-order chi connectivity index (χ0) is 23.7. The third kappa shape index (κ3) is 7.28. The number of nitrogens with one attached hydrogen (secondary N) is 1. The van der Waals surface area contributed by atoms with E-state index in [1.807, 2.05) is 0 Å². The van der Waals surface area contributed by atoms with E-state index in [1.54, 1.807) is 13.1 Å². The van der Waals surface area contributed by atoms with Crippen LogP contribution in [0, 0.1) is 5.82 Å². The van der Waals surface area contributed by atoms with Crippen LogP contribution in [-0.2, 0) is 7.05 Å². The van der Waals surface area contributed by atoms with Crippen molar-refractivity contribution in [2.45, 2.75) is 6.04 Å². The monoisotopic (exact) mass is 607 g/mol. The van der Waals surface area contributed by atoms with Crippen LogP contribution in [-0.4, -0.2) is 72.3 Å². The molecule has 4 heterocycles. The van der Waals surface area contributed by atoms with E-state index in [-0.39, 0.29) is 66.8 Å². The number of halogens is 5. The molecule has 13 heteroatoms. The van der Waals surface area contributed by atoms with Crippen LogP contribution < -0.4 is 20.7 Å². The van der Waals surface area contributed by atoms with E-state index in [0.29, 0.717) is 24.7 Å². The van der Waals surface area contributed by atoms with Crippen molar-refractivity contribution in [1.29, 1.82) is 0 Å². The van der Waals surface area contributed by atoms with E-state index in [9.17, 15) is 9.18 Å². The molecule has 2 saturated heterocycles. The van der Waals surface area contributed by atoms with Crippen molar-refractivity contribution in [3.63, 3.8) is 0 Å². The van der Waals surface area contributed by atoms with E-state index in [1.165, 1.54) is 28.1 Å². The van der Waals surface area contributed by atoms with Crippen molar-refractivity contribution in [2.24, 2.45) is 7.05 Å². The minimum Gasteiger partial charge on any atom is -0.369 e. The van der Waals surface area contributed by atoms with Gasteiger partial charge in [0, 0.05) is 82.4 Å². The van der Waals surface area contributed by atoms with Crippen LogP contribution in [0.15, 0.2) is 53.6 Å². The second kappa shape index (κ2) is 14.9. The van der Waals surface area contributed by atoms with Gasteiger partial charge in [0.1, 0.15) is 0 Å². The Morgan fingerprint density at radius 2 is 1.61 bits per heavy atom. The van der Waals surface area contributed by atoms with Gasteiger partial charge in [-0.3, -0.25) is 14.3 Å². The molecular weight excluding hydrogens is 575 g/mol. The van der Waals surface area contributed by atoms with Crippen LogP contribution in [0.1, 0.15) is 11.6 Å². The molecule has 1 N–H and O–H groups in total. The molecule has 2 aliphatic heterocycles. The maximum Gasteiger partial charge on any atom is 0.255 e. The molecule has 0 amide bonds. The first-order valence-electron chi connectivity index (χ1n) is 11.7. The van der Waals surface area contributed by atoms with Gasteiger partial charge in [0.05, 0.1) is 11.9 Å². The van der Waals surface area contributed by atoms with Crippen molar-refractivity contribution < 1.29 is 4.39 Å². The van der Waals surface area contributed by atoms with Gasteiger partial charge in [-0.15, -0.1) is 49.6 Å². The van der Waals surface area contributed by atoms with Gasteiger partial charge in [-0.05, 0) is 30.8 Å². The Bertz CT molecular complexity index is 1220. The van der Waals surface area contributed by atoms with Crippen LogP contribution in [0.5, 0.6) is 0 Å². The molecule has 0 unspecified atom stereocenters. The second-order valence-corrected chi connectivity index (χ2v) is 9.03. The van der Waals surface area contributed by atoms with E-state index in [2.05, 4.69) is 61.3 Å². The number of benzene rings is 1. The van der Waals surface area contributed by atoms with Gasteiger partial charge in [0.25, 0.3) is 5.56 Å². The number of likely N-dealkylation sites (N-methyl/N-ethyl adjacent to an activating group) is 1. The topological polar surface area (TPSA) is 69.5 Å². The van der Waals surface area contributed by atoms with Crippen molar-refractivity contribution in [3.8, 4) is 11.3 Å². The molecule has 3 aromatic rings. The summed E-state index contributed by atoms with van der Waals surface area (Å²) in [5.74, 6) is 0.0482. The Morgan fingerprint density at radius 1 is 0.921 bits per heavy atom. The molecule has 210 valence electrons. The molecule has 1 aromatic carbocycles. The van der Waals surface area contributed by atoms with Gasteiger partial charge >= 0.3 is 0 Å². The molecule has 1 atom stereocenters. The van der Waals surface area contributed by atoms with Gasteiger partial charge in [0.2, 0.25) is 5.95 Å². The molecule has 5 rings (SSSR count). The van der Waals surface area contributed by atoms with Crippen molar-refractivity contribution >= 4 is 61.3 Å². The lowest BCUT2D eigenvalue weighted by molar-refractivity contribution is 0.313. The lowest BCUT2D eigenvalue weighted by Gasteiger charge is -2.36. The Hall–Kier alpha value is -2.14. The summed E-state index contributed by atoms with van der Waals surface area (Å²) in [6, 6.07) is 11.8. The summed E-state index contributed by atoms with van der Waals surface area (Å²) in [7, 11) is 3.87. The summed E-state index contributed by atoms with van der Waals surface area (Å²) in [5.41, 5.74) is 2.83. The Kier molecular flexibility index (Phi) is 13.3. The summed E-state index contributed by atoms with van der Waals surface area (Å²) >= 11 is 0. The van der Waals surface area contributed by atoms with E-state index >= 15 is 0 Å². The summed E-state index contributed by atoms with van der Waals surface area (Å²) < 4.78 is 15.8. The highest BCUT2D eigenvalue weighted by Gasteiger charge is 2.25. The van der Waals surface area contributed by atoms with Gasteiger partial charge < -0.3 is 20.0 Å². The quantitative estimate of drug-likeness (QED) is 0.486. The summed E-state index contributed by atoms with van der Waals surface area (Å²) in [4.78, 5) is 28.0. The maximum absolute atomic E-state index is 14.3. The zero-order valence-electron chi connectivity index (χ0n) is 21.2. The smallest absolute Gasteiger partial charge is 0.255 e. The van der Waals surface area contributed by atoms with Crippen LogP contribution in [0.2, 0.25) is 0 Å². The molecule has 0 spiro atoms. The summed E-state index contributed by atoms with van der Waals surface area (Å²) in [6.07, 6.45) is 2.64. The summed E-state index contributed by atoms with van der Waals surface area (Å²) in [6.45, 7) is 6.37. The molecule has 2 aromatic heterocycles. The van der Waals surface area contributed by atoms with Crippen molar-refractivity contribution in [1.82, 2.24) is 24.8 Å². The fourth-order valence-corrected chi connectivity index (χ4v) is 4.67. The average molecular weight is 609 g/mol. The molecule has 8 nitrogen and oxygen atoms in total. The molecule has 2 fully saturated rings. The second-order valence-electron chi connectivity index (χ2n) is 9.03. The lowest BCUT2D eigenvalue weighted by Crippen LogP contribution is -2.47. The normalized spacial score (nSPS) is 17.4. The summed E-state index contributed by atoms with van der Waals surface area (Å²) in [5, 5.41) is 3.58. The van der Waals surface area contributed by atoms with Crippen molar-refractivity contribution in [2.75, 3.05) is 62.7 Å². The number of hydrogen-bond donors (Lipinski definition) is 1. The molecule has 0 bridgehead atoms. The molecule has 0 saturated carbocycles. The highest BCUT2D eigenvalue weighted by molar-refractivity contribution is 5.86. The molecule has 38 heavy (non-hydrogen) atoms. The predicted molar refractivity (Wildman–Crippen MR) is 161 cm³/mol. The minimum absolute atomic E-state index is 0. The van der Waals surface area contributed by atoms with Gasteiger partial charge in [-0.25, -0.2) is 9.37 Å². The maximum atomic E-state index is 14.3. The van der Waals surface area contributed by atoms with Crippen LogP contribution in [0.25, 0.3) is 11.3 Å². The fourth-order valence-electron chi connectivity index (χ4n) is 4.67. The first-order valence-corrected chi connectivity index (χ1v) is 11.7. The van der Waals surface area contributed by atoms with Gasteiger partial charge in [0.15, 0.2) is 5.82 Å². The van der Waals surface area contributed by atoms with E-state index in [4.69, 9.17) is 0 Å². The largest absolute Gasteiger partial charge is 0.369 e. The van der Waals surface area contributed by atoms with E-state index in [0.717, 1.165) is 38.9 Å². The molecular formula is C25H34Cl4FN7O. The number of pyridine rings is 1. The van der Waals surface area contributed by atoms with Crippen LogP contribution in [0.4, 0.5) is 16.0 Å². The SMILES string of the molecule is CN1CCN(c2ccc([C@H]3CN(c4nc(-c5ccncc5F)cc(=O)n4C)CCN3)cc2)CC1.Cl.Cl.Cl.Cl. The van der Waals surface area contributed by atoms with Gasteiger partial charge in [-0.1, -0.05) is 12.1 Å².